The van der Waals surface area contributed by atoms with E-state index >= 15 is 0 Å². The van der Waals surface area contributed by atoms with Crippen molar-refractivity contribution in [3.63, 3.8) is 0 Å². The fourth-order valence-electron chi connectivity index (χ4n) is 2.56. The monoisotopic (exact) mass is 229 g/mol. The van der Waals surface area contributed by atoms with Gasteiger partial charge in [0.25, 0.3) is 0 Å². The third-order valence-corrected chi connectivity index (χ3v) is 3.70. The highest BCUT2D eigenvalue weighted by Crippen LogP contribution is 2.40. The van der Waals surface area contributed by atoms with Gasteiger partial charge in [0.1, 0.15) is 0 Å². The average molecular weight is 229 g/mol. The van der Waals surface area contributed by atoms with Crippen LogP contribution in [0.1, 0.15) is 45.4 Å². The SMILES string of the molecule is CCC1(CNCC(O)CC(=O)O)CCCC1. The Labute approximate surface area is 97.0 Å². The van der Waals surface area contributed by atoms with Gasteiger partial charge in [-0.05, 0) is 24.7 Å². The molecule has 0 bridgehead atoms. The van der Waals surface area contributed by atoms with Gasteiger partial charge in [0.2, 0.25) is 0 Å². The van der Waals surface area contributed by atoms with Crippen LogP contribution in [0.25, 0.3) is 0 Å². The van der Waals surface area contributed by atoms with E-state index in [-0.39, 0.29) is 6.42 Å². The zero-order chi connectivity index (χ0) is 12.0. The molecule has 0 amide bonds. The molecular formula is C12H23NO3. The highest BCUT2D eigenvalue weighted by molar-refractivity contribution is 5.67. The van der Waals surface area contributed by atoms with E-state index in [1.165, 1.54) is 25.7 Å². The highest BCUT2D eigenvalue weighted by Gasteiger charge is 2.31. The Hall–Kier alpha value is -0.610. The number of nitrogens with one attached hydrogen (secondary N) is 1. The van der Waals surface area contributed by atoms with E-state index in [1.54, 1.807) is 0 Å². The number of hydrogen-bond acceptors (Lipinski definition) is 3. The predicted molar refractivity (Wildman–Crippen MR) is 62.3 cm³/mol. The Morgan fingerprint density at radius 1 is 1.44 bits per heavy atom. The molecule has 0 aliphatic heterocycles. The van der Waals surface area contributed by atoms with Crippen LogP contribution in [0.5, 0.6) is 0 Å². The van der Waals surface area contributed by atoms with E-state index < -0.39 is 12.1 Å². The van der Waals surface area contributed by atoms with E-state index in [4.69, 9.17) is 5.11 Å². The van der Waals surface area contributed by atoms with Gasteiger partial charge >= 0.3 is 5.97 Å². The molecule has 0 radical (unpaired) electrons. The summed E-state index contributed by atoms with van der Waals surface area (Å²) in [6, 6.07) is 0. The van der Waals surface area contributed by atoms with Crippen LogP contribution in [0.2, 0.25) is 0 Å². The first kappa shape index (κ1) is 13.5. The molecule has 0 aromatic heterocycles. The first-order valence-electron chi connectivity index (χ1n) is 6.18. The van der Waals surface area contributed by atoms with Crippen LogP contribution in [-0.4, -0.2) is 35.4 Å². The third-order valence-electron chi connectivity index (χ3n) is 3.70. The normalized spacial score (nSPS) is 20.9. The second-order valence-corrected chi connectivity index (χ2v) is 4.94. The van der Waals surface area contributed by atoms with Crippen LogP contribution >= 0.6 is 0 Å². The van der Waals surface area contributed by atoms with E-state index in [0.29, 0.717) is 12.0 Å². The van der Waals surface area contributed by atoms with E-state index in [1.807, 2.05) is 0 Å². The van der Waals surface area contributed by atoms with Crippen LogP contribution in [0.15, 0.2) is 0 Å². The quantitative estimate of drug-likeness (QED) is 0.617. The second kappa shape index (κ2) is 6.21. The maximum atomic E-state index is 10.4. The fourth-order valence-corrected chi connectivity index (χ4v) is 2.56. The summed E-state index contributed by atoms with van der Waals surface area (Å²) in [5.41, 5.74) is 0.392. The minimum absolute atomic E-state index is 0.174. The van der Waals surface area contributed by atoms with Crippen molar-refractivity contribution < 1.29 is 15.0 Å². The van der Waals surface area contributed by atoms with Crippen molar-refractivity contribution in [3.05, 3.63) is 0 Å². The summed E-state index contributed by atoms with van der Waals surface area (Å²) in [5, 5.41) is 21.1. The zero-order valence-electron chi connectivity index (χ0n) is 10.0. The topological polar surface area (TPSA) is 69.6 Å². The molecule has 0 heterocycles. The number of rotatable bonds is 7. The third kappa shape index (κ3) is 4.10. The first-order valence-corrected chi connectivity index (χ1v) is 6.18. The summed E-state index contributed by atoms with van der Waals surface area (Å²) in [4.78, 5) is 10.4. The summed E-state index contributed by atoms with van der Waals surface area (Å²) < 4.78 is 0. The zero-order valence-corrected chi connectivity index (χ0v) is 10.0. The number of carboxylic acids is 1. The minimum Gasteiger partial charge on any atom is -0.481 e. The molecule has 4 heteroatoms. The van der Waals surface area contributed by atoms with Crippen LogP contribution < -0.4 is 5.32 Å². The molecule has 0 aromatic carbocycles. The second-order valence-electron chi connectivity index (χ2n) is 4.94. The Bertz CT molecular complexity index is 224. The van der Waals surface area contributed by atoms with Crippen molar-refractivity contribution in [2.24, 2.45) is 5.41 Å². The van der Waals surface area contributed by atoms with Crippen LogP contribution in [-0.2, 0) is 4.79 Å². The summed E-state index contributed by atoms with van der Waals surface area (Å²) in [7, 11) is 0. The molecule has 0 aromatic rings. The molecule has 3 N–H and O–H groups in total. The van der Waals surface area contributed by atoms with Crippen LogP contribution in [0.4, 0.5) is 0 Å². The van der Waals surface area contributed by atoms with Gasteiger partial charge in [-0.25, -0.2) is 0 Å². The lowest BCUT2D eigenvalue weighted by Crippen LogP contribution is -2.36. The van der Waals surface area contributed by atoms with E-state index in [0.717, 1.165) is 13.0 Å². The van der Waals surface area contributed by atoms with Gasteiger partial charge in [-0.3, -0.25) is 4.79 Å². The average Bonchev–Trinajstić information content (AvgIpc) is 2.66. The molecule has 0 saturated heterocycles. The molecule has 94 valence electrons. The molecule has 1 unspecified atom stereocenters. The predicted octanol–water partition coefficient (Wildman–Crippen LogP) is 1.38. The molecule has 1 saturated carbocycles. The molecule has 1 fully saturated rings. The van der Waals surface area contributed by atoms with Crippen molar-refractivity contribution in [1.82, 2.24) is 5.32 Å². The molecule has 1 aliphatic rings. The van der Waals surface area contributed by atoms with Gasteiger partial charge < -0.3 is 15.5 Å². The Morgan fingerprint density at radius 3 is 2.56 bits per heavy atom. The number of carbonyl (C=O) groups is 1. The van der Waals surface area contributed by atoms with Gasteiger partial charge in [-0.15, -0.1) is 0 Å². The van der Waals surface area contributed by atoms with Crippen molar-refractivity contribution in [2.45, 2.75) is 51.6 Å². The number of hydrogen-bond donors (Lipinski definition) is 3. The summed E-state index contributed by atoms with van der Waals surface area (Å²) in [6.07, 6.45) is 5.33. The Balaban J connectivity index is 2.20. The fraction of sp³-hybridized carbons (Fsp3) is 0.917. The lowest BCUT2D eigenvalue weighted by atomic mass is 9.83. The summed E-state index contributed by atoms with van der Waals surface area (Å²) in [5.74, 6) is -0.944. The smallest absolute Gasteiger partial charge is 0.306 e. The van der Waals surface area contributed by atoms with Gasteiger partial charge in [0, 0.05) is 13.1 Å². The van der Waals surface area contributed by atoms with Crippen molar-refractivity contribution in [1.29, 1.82) is 0 Å². The minimum atomic E-state index is -0.944. The van der Waals surface area contributed by atoms with Gasteiger partial charge in [0.15, 0.2) is 0 Å². The van der Waals surface area contributed by atoms with Crippen LogP contribution in [0, 0.1) is 5.41 Å². The molecule has 4 nitrogen and oxygen atoms in total. The molecule has 1 atom stereocenters. The van der Waals surface area contributed by atoms with Gasteiger partial charge in [-0.2, -0.15) is 0 Å². The highest BCUT2D eigenvalue weighted by atomic mass is 16.4. The molecule has 1 rings (SSSR count). The first-order chi connectivity index (χ1) is 7.58. The Kier molecular flexibility index (Phi) is 5.22. The molecule has 0 spiro atoms. The number of aliphatic hydroxyl groups excluding tert-OH is 1. The lowest BCUT2D eigenvalue weighted by Gasteiger charge is -2.28. The Morgan fingerprint density at radius 2 is 2.06 bits per heavy atom. The number of aliphatic carboxylic acids is 1. The lowest BCUT2D eigenvalue weighted by molar-refractivity contribution is -0.139. The van der Waals surface area contributed by atoms with Crippen LogP contribution in [0.3, 0.4) is 0 Å². The van der Waals surface area contributed by atoms with E-state index in [9.17, 15) is 9.90 Å². The number of carboxylic acid groups (broad SMARTS) is 1. The number of aliphatic hydroxyl groups is 1. The molecular weight excluding hydrogens is 206 g/mol. The van der Waals surface area contributed by atoms with Crippen molar-refractivity contribution in [3.8, 4) is 0 Å². The summed E-state index contributed by atoms with van der Waals surface area (Å²) in [6.45, 7) is 3.49. The largest absolute Gasteiger partial charge is 0.481 e. The maximum Gasteiger partial charge on any atom is 0.306 e. The standard InChI is InChI=1S/C12H23NO3/c1-2-12(5-3-4-6-12)9-13-8-10(14)7-11(15)16/h10,13-14H,2-9H2,1H3,(H,15,16). The summed E-state index contributed by atoms with van der Waals surface area (Å²) >= 11 is 0. The van der Waals surface area contributed by atoms with Gasteiger partial charge in [0.05, 0.1) is 12.5 Å². The molecule has 16 heavy (non-hydrogen) atoms. The molecule has 1 aliphatic carbocycles. The van der Waals surface area contributed by atoms with E-state index in [2.05, 4.69) is 12.2 Å². The van der Waals surface area contributed by atoms with Gasteiger partial charge in [-0.1, -0.05) is 19.8 Å². The van der Waals surface area contributed by atoms with Crippen molar-refractivity contribution in [2.75, 3.05) is 13.1 Å². The van der Waals surface area contributed by atoms with Crippen molar-refractivity contribution >= 4 is 5.97 Å². The maximum absolute atomic E-state index is 10.4.